The van der Waals surface area contributed by atoms with Crippen molar-refractivity contribution in [2.45, 2.75) is 20.4 Å². The summed E-state index contributed by atoms with van der Waals surface area (Å²) >= 11 is 0. The molecule has 0 saturated heterocycles. The molecule has 0 aromatic heterocycles. The van der Waals surface area contributed by atoms with Gasteiger partial charge >= 0.3 is 10.1 Å². The largest absolute Gasteiger partial charge is 0.493 e. The van der Waals surface area contributed by atoms with E-state index in [0.717, 1.165) is 11.8 Å². The fraction of sp³-hybridized carbons (Fsp3) is 0.333. The normalized spacial score (nSPS) is 12.6. The number of nitrogens with zero attached hydrogens (tertiary/aromatic N) is 1. The van der Waals surface area contributed by atoms with Crippen molar-refractivity contribution < 1.29 is 25.8 Å². The van der Waals surface area contributed by atoms with Gasteiger partial charge in [-0.1, -0.05) is 50.2 Å². The summed E-state index contributed by atoms with van der Waals surface area (Å²) in [5, 5.41) is 1.18. The van der Waals surface area contributed by atoms with E-state index < -0.39 is 20.1 Å². The second-order valence-corrected chi connectivity index (χ2v) is 10.6. The summed E-state index contributed by atoms with van der Waals surface area (Å²) in [5.41, 5.74) is 1.35. The van der Waals surface area contributed by atoms with Gasteiger partial charge in [-0.25, -0.2) is 8.42 Å². The van der Waals surface area contributed by atoms with Crippen LogP contribution in [0.4, 0.5) is 0 Å². The molecule has 2 aromatic carbocycles. The number of sulfonamides is 1. The molecule has 2 aromatic rings. The highest BCUT2D eigenvalue weighted by atomic mass is 32.2. The van der Waals surface area contributed by atoms with E-state index in [-0.39, 0.29) is 24.0 Å². The molecule has 2 rings (SSSR count). The Morgan fingerprint density at radius 2 is 1.67 bits per heavy atom. The van der Waals surface area contributed by atoms with E-state index in [0.29, 0.717) is 12.1 Å². The molecule has 164 valence electrons. The van der Waals surface area contributed by atoms with Gasteiger partial charge in [0.2, 0.25) is 10.0 Å². The highest BCUT2D eigenvalue weighted by molar-refractivity contribution is 7.92. The maximum atomic E-state index is 13.0. The van der Waals surface area contributed by atoms with E-state index in [1.165, 1.54) is 22.9 Å². The van der Waals surface area contributed by atoms with Crippen LogP contribution in [-0.2, 0) is 26.7 Å². The Labute approximate surface area is 179 Å². The highest BCUT2D eigenvalue weighted by Crippen LogP contribution is 2.30. The summed E-state index contributed by atoms with van der Waals surface area (Å²) in [4.78, 5) is 0. The summed E-state index contributed by atoms with van der Waals surface area (Å²) in [6.07, 6.45) is 2.48. The van der Waals surface area contributed by atoms with Crippen LogP contribution in [-0.4, -0.2) is 41.1 Å². The quantitative estimate of drug-likeness (QED) is 0.512. The lowest BCUT2D eigenvalue weighted by molar-refractivity contribution is 0.364. The molecule has 0 heterocycles. The molecule has 0 spiro atoms. The third-order valence-corrected chi connectivity index (χ3v) is 5.95. The molecular formula is C21H27NO6S2. The summed E-state index contributed by atoms with van der Waals surface area (Å²) < 4.78 is 60.5. The average molecular weight is 454 g/mol. The predicted molar refractivity (Wildman–Crippen MR) is 118 cm³/mol. The molecule has 0 aliphatic heterocycles. The maximum Gasteiger partial charge on any atom is 0.306 e. The van der Waals surface area contributed by atoms with Gasteiger partial charge in [0.05, 0.1) is 13.4 Å². The van der Waals surface area contributed by atoms with Crippen LogP contribution in [0.15, 0.2) is 53.9 Å². The van der Waals surface area contributed by atoms with Gasteiger partial charge in [-0.2, -0.15) is 12.7 Å². The first-order valence-electron chi connectivity index (χ1n) is 9.30. The monoisotopic (exact) mass is 453 g/mol. The summed E-state index contributed by atoms with van der Waals surface area (Å²) in [6.45, 7) is 4.21. The lowest BCUT2D eigenvalue weighted by Crippen LogP contribution is -2.32. The van der Waals surface area contributed by atoms with Crippen LogP contribution < -0.4 is 8.92 Å². The van der Waals surface area contributed by atoms with Gasteiger partial charge in [-0.05, 0) is 35.3 Å². The minimum Gasteiger partial charge on any atom is -0.493 e. The van der Waals surface area contributed by atoms with Crippen molar-refractivity contribution in [3.8, 4) is 11.5 Å². The predicted octanol–water partition coefficient (Wildman–Crippen LogP) is 3.49. The fourth-order valence-corrected chi connectivity index (χ4v) is 4.52. The molecule has 0 N–H and O–H groups in total. The van der Waals surface area contributed by atoms with Crippen molar-refractivity contribution in [3.05, 3.63) is 65.1 Å². The molecule has 30 heavy (non-hydrogen) atoms. The van der Waals surface area contributed by atoms with E-state index in [1.807, 2.05) is 44.2 Å². The van der Waals surface area contributed by atoms with Gasteiger partial charge in [0.15, 0.2) is 11.5 Å². The molecule has 0 saturated carbocycles. The number of ether oxygens (including phenoxy) is 1. The molecule has 0 unspecified atom stereocenters. The zero-order valence-electron chi connectivity index (χ0n) is 17.5. The third kappa shape index (κ3) is 7.47. The van der Waals surface area contributed by atoms with Crippen LogP contribution in [0, 0.1) is 5.92 Å². The Balaban J connectivity index is 2.34. The first-order valence-corrected chi connectivity index (χ1v) is 12.6. The molecule has 0 atom stereocenters. The molecule has 0 radical (unpaired) electrons. The zero-order valence-corrected chi connectivity index (χ0v) is 19.1. The van der Waals surface area contributed by atoms with E-state index in [1.54, 1.807) is 18.2 Å². The summed E-state index contributed by atoms with van der Waals surface area (Å²) in [7, 11) is -6.08. The lowest BCUT2D eigenvalue weighted by atomic mass is 10.2. The Morgan fingerprint density at radius 1 is 1.00 bits per heavy atom. The summed E-state index contributed by atoms with van der Waals surface area (Å²) in [6, 6.07) is 13.9. The Kier molecular flexibility index (Phi) is 8.05. The Morgan fingerprint density at radius 3 is 2.23 bits per heavy atom. The van der Waals surface area contributed by atoms with E-state index in [4.69, 9.17) is 8.92 Å². The minimum atomic E-state index is -3.76. The van der Waals surface area contributed by atoms with Gasteiger partial charge in [0.1, 0.15) is 0 Å². The van der Waals surface area contributed by atoms with Crippen LogP contribution in [0.1, 0.15) is 25.0 Å². The minimum absolute atomic E-state index is 0.0132. The van der Waals surface area contributed by atoms with Crippen molar-refractivity contribution in [1.29, 1.82) is 0 Å². The molecular weight excluding hydrogens is 426 g/mol. The first kappa shape index (κ1) is 23.9. The Bertz CT molecular complexity index is 1080. The van der Waals surface area contributed by atoms with Crippen LogP contribution in [0.5, 0.6) is 11.5 Å². The number of benzene rings is 2. The third-order valence-electron chi connectivity index (χ3n) is 3.99. The van der Waals surface area contributed by atoms with Crippen molar-refractivity contribution in [2.24, 2.45) is 5.92 Å². The molecule has 0 aliphatic rings. The number of methoxy groups -OCH3 is 1. The standard InChI is InChI=1S/C21H27NO6S2/c1-17(2)15-22(30(25,26)13-12-18-8-6-5-7-9-18)16-19-10-11-20(27-3)21(14-19)28-29(4,23)24/h5-14,17H,15-16H2,1-4H3/b13-12+. The zero-order chi connectivity index (χ0) is 22.4. The topological polar surface area (TPSA) is 90.0 Å². The number of hydrogen-bond donors (Lipinski definition) is 0. The maximum absolute atomic E-state index is 13.0. The fourth-order valence-electron chi connectivity index (χ4n) is 2.73. The van der Waals surface area contributed by atoms with Gasteiger partial charge in [-0.15, -0.1) is 0 Å². The molecule has 0 amide bonds. The number of hydrogen-bond acceptors (Lipinski definition) is 6. The van der Waals surface area contributed by atoms with E-state index in [2.05, 4.69) is 0 Å². The van der Waals surface area contributed by atoms with Crippen molar-refractivity contribution >= 4 is 26.2 Å². The lowest BCUT2D eigenvalue weighted by Gasteiger charge is -2.23. The first-order chi connectivity index (χ1) is 14.0. The molecule has 0 fully saturated rings. The molecule has 7 nitrogen and oxygen atoms in total. The van der Waals surface area contributed by atoms with Gasteiger partial charge in [-0.3, -0.25) is 0 Å². The molecule has 0 aliphatic carbocycles. The van der Waals surface area contributed by atoms with Crippen molar-refractivity contribution in [1.82, 2.24) is 4.31 Å². The number of rotatable bonds is 10. The highest BCUT2D eigenvalue weighted by Gasteiger charge is 2.22. The average Bonchev–Trinajstić information content (AvgIpc) is 2.65. The van der Waals surface area contributed by atoms with Crippen molar-refractivity contribution in [3.63, 3.8) is 0 Å². The van der Waals surface area contributed by atoms with Gasteiger partial charge in [0.25, 0.3) is 0 Å². The second-order valence-electron chi connectivity index (χ2n) is 7.22. The second kappa shape index (κ2) is 10.1. The van der Waals surface area contributed by atoms with Crippen LogP contribution in [0.2, 0.25) is 0 Å². The van der Waals surface area contributed by atoms with Gasteiger partial charge < -0.3 is 8.92 Å². The van der Waals surface area contributed by atoms with Crippen LogP contribution in [0.3, 0.4) is 0 Å². The van der Waals surface area contributed by atoms with E-state index in [9.17, 15) is 16.8 Å². The summed E-state index contributed by atoms with van der Waals surface area (Å²) in [5.74, 6) is 0.348. The Hall–Kier alpha value is -2.36. The van der Waals surface area contributed by atoms with Crippen LogP contribution >= 0.6 is 0 Å². The smallest absolute Gasteiger partial charge is 0.306 e. The molecule has 9 heteroatoms. The van der Waals surface area contributed by atoms with Crippen molar-refractivity contribution in [2.75, 3.05) is 19.9 Å². The SMILES string of the molecule is COc1ccc(CN(CC(C)C)S(=O)(=O)/C=C/c2ccccc2)cc1OS(C)(=O)=O. The van der Waals surface area contributed by atoms with E-state index >= 15 is 0 Å². The molecule has 0 bridgehead atoms. The van der Waals surface area contributed by atoms with Crippen LogP contribution in [0.25, 0.3) is 6.08 Å². The van der Waals surface area contributed by atoms with Gasteiger partial charge in [0, 0.05) is 18.5 Å².